The van der Waals surface area contributed by atoms with Crippen LogP contribution in [0.25, 0.3) is 0 Å². The number of aromatic hydroxyl groups is 1. The van der Waals surface area contributed by atoms with Gasteiger partial charge in [0.2, 0.25) is 5.88 Å². The molecule has 1 aromatic heterocycles. The number of urea groups is 1. The third-order valence-electron chi connectivity index (χ3n) is 2.91. The first kappa shape index (κ1) is 15.4. The second-order valence-electron chi connectivity index (χ2n) is 4.37. The average molecular weight is 303 g/mol. The molecule has 0 atom stereocenters. The highest BCUT2D eigenvalue weighted by Crippen LogP contribution is 2.26. The maximum atomic E-state index is 11.9. The summed E-state index contributed by atoms with van der Waals surface area (Å²) in [5, 5.41) is 15.0. The van der Waals surface area contributed by atoms with Crippen molar-refractivity contribution in [2.75, 3.05) is 19.5 Å². The molecule has 0 aliphatic heterocycles. The van der Waals surface area contributed by atoms with Crippen molar-refractivity contribution in [1.29, 1.82) is 0 Å². The summed E-state index contributed by atoms with van der Waals surface area (Å²) in [5.74, 6) is 0.740. The molecule has 0 unspecified atom stereocenters. The molecule has 3 N–H and O–H groups in total. The Bertz CT molecular complexity index is 661. The van der Waals surface area contributed by atoms with Gasteiger partial charge in [-0.05, 0) is 29.8 Å². The Morgan fingerprint density at radius 3 is 2.77 bits per heavy atom. The molecule has 2 amide bonds. The number of aromatic nitrogens is 1. The molecule has 2 aromatic rings. The zero-order valence-corrected chi connectivity index (χ0v) is 12.3. The van der Waals surface area contributed by atoms with E-state index in [1.165, 1.54) is 20.3 Å². The molecule has 1 aromatic carbocycles. The fourth-order valence-corrected chi connectivity index (χ4v) is 1.84. The van der Waals surface area contributed by atoms with E-state index in [0.29, 0.717) is 17.3 Å². The lowest BCUT2D eigenvalue weighted by Crippen LogP contribution is -2.28. The van der Waals surface area contributed by atoms with Gasteiger partial charge < -0.3 is 25.2 Å². The van der Waals surface area contributed by atoms with E-state index in [2.05, 4.69) is 15.6 Å². The van der Waals surface area contributed by atoms with Crippen LogP contribution < -0.4 is 20.1 Å². The Balaban J connectivity index is 1.94. The van der Waals surface area contributed by atoms with Gasteiger partial charge in [-0.25, -0.2) is 9.78 Å². The van der Waals surface area contributed by atoms with Crippen LogP contribution in [-0.4, -0.2) is 30.3 Å². The fourth-order valence-electron chi connectivity index (χ4n) is 1.84. The van der Waals surface area contributed by atoms with Crippen LogP contribution in [0.4, 0.5) is 10.5 Å². The highest BCUT2D eigenvalue weighted by atomic mass is 16.5. The molecular weight excluding hydrogens is 286 g/mol. The summed E-state index contributed by atoms with van der Waals surface area (Å²) in [5.41, 5.74) is 1.21. The van der Waals surface area contributed by atoms with Gasteiger partial charge in [0.15, 0.2) is 11.5 Å². The van der Waals surface area contributed by atoms with Crippen molar-refractivity contribution >= 4 is 11.7 Å². The number of pyridine rings is 1. The quantitative estimate of drug-likeness (QED) is 0.787. The first-order chi connectivity index (χ1) is 10.6. The fraction of sp³-hybridized carbons (Fsp3) is 0.200. The minimum Gasteiger partial charge on any atom is -0.504 e. The standard InChI is InChI=1S/C15H17N3O4/c1-21-13-6-5-10(8-12(13)19)9-17-15(20)18-11-4-3-7-16-14(11)22-2/h3-8,19H,9H2,1-2H3,(H2,17,18,20). The van der Waals surface area contributed by atoms with Crippen LogP contribution in [0.1, 0.15) is 5.56 Å². The van der Waals surface area contributed by atoms with Gasteiger partial charge in [-0.15, -0.1) is 0 Å². The normalized spacial score (nSPS) is 9.91. The summed E-state index contributed by atoms with van der Waals surface area (Å²) in [6, 6.07) is 7.90. The number of anilines is 1. The molecule has 2 rings (SSSR count). The SMILES string of the molecule is COc1ccc(CNC(=O)Nc2cccnc2OC)cc1O. The third kappa shape index (κ3) is 3.78. The number of carbonyl (C=O) groups is 1. The second-order valence-corrected chi connectivity index (χ2v) is 4.37. The van der Waals surface area contributed by atoms with E-state index >= 15 is 0 Å². The van der Waals surface area contributed by atoms with Gasteiger partial charge in [0.05, 0.1) is 14.2 Å². The van der Waals surface area contributed by atoms with Crippen molar-refractivity contribution in [3.05, 3.63) is 42.1 Å². The molecule has 7 nitrogen and oxygen atoms in total. The summed E-state index contributed by atoms with van der Waals surface area (Å²) < 4.78 is 10.0. The summed E-state index contributed by atoms with van der Waals surface area (Å²) in [6.07, 6.45) is 1.57. The smallest absolute Gasteiger partial charge is 0.319 e. The molecule has 0 saturated carbocycles. The molecule has 0 spiro atoms. The lowest BCUT2D eigenvalue weighted by atomic mass is 10.2. The number of phenols is 1. The maximum absolute atomic E-state index is 11.9. The van der Waals surface area contributed by atoms with Crippen LogP contribution in [0, 0.1) is 0 Å². The lowest BCUT2D eigenvalue weighted by Gasteiger charge is -2.10. The van der Waals surface area contributed by atoms with Crippen molar-refractivity contribution < 1.29 is 19.4 Å². The summed E-state index contributed by atoms with van der Waals surface area (Å²) >= 11 is 0. The van der Waals surface area contributed by atoms with E-state index in [1.54, 1.807) is 30.5 Å². The van der Waals surface area contributed by atoms with Crippen LogP contribution in [0.3, 0.4) is 0 Å². The van der Waals surface area contributed by atoms with Gasteiger partial charge in [-0.3, -0.25) is 0 Å². The molecular formula is C15H17N3O4. The molecule has 0 radical (unpaired) electrons. The van der Waals surface area contributed by atoms with Crippen molar-refractivity contribution in [3.63, 3.8) is 0 Å². The third-order valence-corrected chi connectivity index (χ3v) is 2.91. The maximum Gasteiger partial charge on any atom is 0.319 e. The molecule has 0 aliphatic carbocycles. The Morgan fingerprint density at radius 1 is 1.27 bits per heavy atom. The number of carbonyl (C=O) groups excluding carboxylic acids is 1. The van der Waals surface area contributed by atoms with Gasteiger partial charge >= 0.3 is 6.03 Å². The number of ether oxygens (including phenoxy) is 2. The largest absolute Gasteiger partial charge is 0.504 e. The Kier molecular flexibility index (Phi) is 5.02. The van der Waals surface area contributed by atoms with Crippen LogP contribution in [0.2, 0.25) is 0 Å². The molecule has 7 heteroatoms. The predicted molar refractivity (Wildman–Crippen MR) is 81.3 cm³/mol. The number of methoxy groups -OCH3 is 2. The van der Waals surface area contributed by atoms with Crippen molar-refractivity contribution in [2.45, 2.75) is 6.54 Å². The number of hydrogen-bond acceptors (Lipinski definition) is 5. The molecule has 22 heavy (non-hydrogen) atoms. The zero-order chi connectivity index (χ0) is 15.9. The highest BCUT2D eigenvalue weighted by Gasteiger charge is 2.08. The minimum absolute atomic E-state index is 0.0242. The number of benzene rings is 1. The Hall–Kier alpha value is -2.96. The first-order valence-electron chi connectivity index (χ1n) is 6.53. The number of hydrogen-bond donors (Lipinski definition) is 3. The van der Waals surface area contributed by atoms with Crippen LogP contribution >= 0.6 is 0 Å². The predicted octanol–water partition coefficient (Wildman–Crippen LogP) is 2.13. The van der Waals surface area contributed by atoms with E-state index in [4.69, 9.17) is 9.47 Å². The van der Waals surface area contributed by atoms with E-state index in [0.717, 1.165) is 5.56 Å². The summed E-state index contributed by atoms with van der Waals surface area (Å²) in [4.78, 5) is 15.9. The summed E-state index contributed by atoms with van der Waals surface area (Å²) in [7, 11) is 2.95. The number of nitrogens with zero attached hydrogens (tertiary/aromatic N) is 1. The summed E-state index contributed by atoms with van der Waals surface area (Å²) in [6.45, 7) is 0.256. The molecule has 0 aliphatic rings. The highest BCUT2D eigenvalue weighted by molar-refractivity contribution is 5.90. The van der Waals surface area contributed by atoms with E-state index in [9.17, 15) is 9.90 Å². The van der Waals surface area contributed by atoms with Crippen LogP contribution in [0.15, 0.2) is 36.5 Å². The number of phenolic OH excluding ortho intramolecular Hbond substituents is 1. The monoisotopic (exact) mass is 303 g/mol. The minimum atomic E-state index is -0.401. The van der Waals surface area contributed by atoms with Gasteiger partial charge in [0.1, 0.15) is 5.69 Å². The van der Waals surface area contributed by atoms with Crippen LogP contribution in [0.5, 0.6) is 17.4 Å². The topological polar surface area (TPSA) is 92.7 Å². The average Bonchev–Trinajstić information content (AvgIpc) is 2.53. The molecule has 116 valence electrons. The van der Waals surface area contributed by atoms with E-state index < -0.39 is 6.03 Å². The molecule has 0 bridgehead atoms. The number of rotatable bonds is 5. The van der Waals surface area contributed by atoms with Crippen molar-refractivity contribution in [2.24, 2.45) is 0 Å². The van der Waals surface area contributed by atoms with Crippen LogP contribution in [-0.2, 0) is 6.54 Å². The lowest BCUT2D eigenvalue weighted by molar-refractivity contribution is 0.251. The van der Waals surface area contributed by atoms with Crippen molar-refractivity contribution in [3.8, 4) is 17.4 Å². The molecule has 0 fully saturated rings. The van der Waals surface area contributed by atoms with Gasteiger partial charge in [-0.2, -0.15) is 0 Å². The molecule has 1 heterocycles. The van der Waals surface area contributed by atoms with E-state index in [-0.39, 0.29) is 12.3 Å². The van der Waals surface area contributed by atoms with Gasteiger partial charge in [0, 0.05) is 12.7 Å². The molecule has 0 saturated heterocycles. The van der Waals surface area contributed by atoms with Gasteiger partial charge in [0.25, 0.3) is 0 Å². The van der Waals surface area contributed by atoms with E-state index in [1.807, 2.05) is 0 Å². The second kappa shape index (κ2) is 7.16. The Morgan fingerprint density at radius 2 is 2.09 bits per heavy atom. The first-order valence-corrected chi connectivity index (χ1v) is 6.53. The number of amides is 2. The zero-order valence-electron chi connectivity index (χ0n) is 12.3. The Labute approximate surface area is 127 Å². The van der Waals surface area contributed by atoms with Gasteiger partial charge in [-0.1, -0.05) is 6.07 Å². The van der Waals surface area contributed by atoms with Crippen molar-refractivity contribution in [1.82, 2.24) is 10.3 Å². The number of nitrogens with one attached hydrogen (secondary N) is 2.